The Hall–Kier alpha value is -3.15. The van der Waals surface area contributed by atoms with E-state index in [0.717, 1.165) is 5.56 Å². The lowest BCUT2D eigenvalue weighted by Gasteiger charge is -2.08. The second-order valence-electron chi connectivity index (χ2n) is 4.74. The normalized spacial score (nSPS) is 9.78. The van der Waals surface area contributed by atoms with Crippen LogP contribution in [-0.2, 0) is 16.0 Å². The number of carbonyl (C=O) groups excluding carboxylic acids is 3. The van der Waals surface area contributed by atoms with Crippen molar-refractivity contribution in [1.29, 1.82) is 0 Å². The van der Waals surface area contributed by atoms with E-state index >= 15 is 0 Å². The predicted molar refractivity (Wildman–Crippen MR) is 83.5 cm³/mol. The van der Waals surface area contributed by atoms with Crippen LogP contribution in [0.3, 0.4) is 0 Å². The lowest BCUT2D eigenvalue weighted by Crippen LogP contribution is -2.42. The summed E-state index contributed by atoms with van der Waals surface area (Å²) < 4.78 is 4.60. The van der Waals surface area contributed by atoms with Gasteiger partial charge in [-0.2, -0.15) is 0 Å². The highest BCUT2D eigenvalue weighted by molar-refractivity contribution is 5.98. The van der Waals surface area contributed by atoms with Crippen LogP contribution < -0.4 is 10.9 Å². The molecule has 2 N–H and O–H groups in total. The zero-order chi connectivity index (χ0) is 16.7. The van der Waals surface area contributed by atoms with Crippen molar-refractivity contribution < 1.29 is 19.1 Å². The summed E-state index contributed by atoms with van der Waals surface area (Å²) in [7, 11) is 1.26. The predicted octanol–water partition coefficient (Wildman–Crippen LogP) is 1.48. The van der Waals surface area contributed by atoms with Gasteiger partial charge < -0.3 is 4.74 Å². The van der Waals surface area contributed by atoms with Crippen LogP contribution in [0.4, 0.5) is 0 Å². The summed E-state index contributed by atoms with van der Waals surface area (Å²) in [6.45, 7) is 0. The van der Waals surface area contributed by atoms with Crippen molar-refractivity contribution in [1.82, 2.24) is 10.9 Å². The third kappa shape index (κ3) is 4.67. The van der Waals surface area contributed by atoms with Crippen LogP contribution in [0.25, 0.3) is 0 Å². The first kappa shape index (κ1) is 16.2. The Kier molecular flexibility index (Phi) is 5.46. The van der Waals surface area contributed by atoms with E-state index < -0.39 is 11.9 Å². The summed E-state index contributed by atoms with van der Waals surface area (Å²) in [6, 6.07) is 15.2. The van der Waals surface area contributed by atoms with Crippen molar-refractivity contribution in [2.75, 3.05) is 7.11 Å². The monoisotopic (exact) mass is 312 g/mol. The highest BCUT2D eigenvalue weighted by Crippen LogP contribution is 2.06. The van der Waals surface area contributed by atoms with Gasteiger partial charge in [0.15, 0.2) is 0 Å². The van der Waals surface area contributed by atoms with E-state index in [1.54, 1.807) is 6.07 Å². The molecule has 0 unspecified atom stereocenters. The smallest absolute Gasteiger partial charge is 0.337 e. The molecule has 2 aromatic carbocycles. The highest BCUT2D eigenvalue weighted by atomic mass is 16.5. The molecule has 0 aliphatic carbocycles. The van der Waals surface area contributed by atoms with Crippen LogP contribution in [0.15, 0.2) is 54.6 Å². The Morgan fingerprint density at radius 1 is 0.913 bits per heavy atom. The number of methoxy groups -OCH3 is 1. The fraction of sp³-hybridized carbons (Fsp3) is 0.118. The van der Waals surface area contributed by atoms with Crippen LogP contribution in [0.2, 0.25) is 0 Å². The molecule has 0 atom stereocenters. The molecule has 0 radical (unpaired) electrons. The number of esters is 1. The number of rotatable bonds is 4. The number of ether oxygens (including phenoxy) is 1. The standard InChI is InChI=1S/C17H16N2O4/c1-23-17(22)14-9-5-8-13(11-14)16(21)19-18-15(20)10-12-6-3-2-4-7-12/h2-9,11H,10H2,1H3,(H,18,20)(H,19,21). The van der Waals surface area contributed by atoms with E-state index in [0.29, 0.717) is 0 Å². The van der Waals surface area contributed by atoms with Crippen LogP contribution in [0.1, 0.15) is 26.3 Å². The third-order valence-electron chi connectivity index (χ3n) is 3.07. The third-order valence-corrected chi connectivity index (χ3v) is 3.07. The molecule has 2 rings (SSSR count). The maximum absolute atomic E-state index is 12.0. The van der Waals surface area contributed by atoms with Crippen LogP contribution in [0.5, 0.6) is 0 Å². The van der Waals surface area contributed by atoms with Crippen molar-refractivity contribution in [2.24, 2.45) is 0 Å². The molecule has 6 heteroatoms. The van der Waals surface area contributed by atoms with E-state index in [9.17, 15) is 14.4 Å². The minimum absolute atomic E-state index is 0.156. The van der Waals surface area contributed by atoms with Gasteiger partial charge in [0.05, 0.1) is 19.1 Å². The Labute approximate surface area is 133 Å². The largest absolute Gasteiger partial charge is 0.465 e. The fourth-order valence-corrected chi connectivity index (χ4v) is 1.93. The molecular weight excluding hydrogens is 296 g/mol. The number of amides is 2. The highest BCUT2D eigenvalue weighted by Gasteiger charge is 2.11. The average molecular weight is 312 g/mol. The maximum atomic E-state index is 12.0. The molecule has 0 fully saturated rings. The molecule has 0 aliphatic rings. The van der Waals surface area contributed by atoms with Crippen LogP contribution in [-0.4, -0.2) is 24.9 Å². The molecule has 0 saturated heterocycles. The fourth-order valence-electron chi connectivity index (χ4n) is 1.93. The molecule has 0 aromatic heterocycles. The molecule has 0 heterocycles. The van der Waals surface area contributed by atoms with Gasteiger partial charge in [-0.05, 0) is 23.8 Å². The molecular formula is C17H16N2O4. The Balaban J connectivity index is 1.92. The minimum atomic E-state index is -0.534. The Morgan fingerprint density at radius 3 is 2.30 bits per heavy atom. The van der Waals surface area contributed by atoms with Gasteiger partial charge in [-0.3, -0.25) is 20.4 Å². The summed E-state index contributed by atoms with van der Waals surface area (Å²) in [6.07, 6.45) is 0.156. The summed E-state index contributed by atoms with van der Waals surface area (Å²) in [5, 5.41) is 0. The average Bonchev–Trinajstić information content (AvgIpc) is 2.60. The first-order chi connectivity index (χ1) is 11.1. The lowest BCUT2D eigenvalue weighted by molar-refractivity contribution is -0.121. The van der Waals surface area contributed by atoms with E-state index in [1.807, 2.05) is 30.3 Å². The molecule has 23 heavy (non-hydrogen) atoms. The molecule has 2 amide bonds. The molecule has 6 nitrogen and oxygen atoms in total. The maximum Gasteiger partial charge on any atom is 0.337 e. The van der Waals surface area contributed by atoms with Gasteiger partial charge in [0.2, 0.25) is 5.91 Å². The number of benzene rings is 2. The minimum Gasteiger partial charge on any atom is -0.465 e. The van der Waals surface area contributed by atoms with Gasteiger partial charge >= 0.3 is 5.97 Å². The van der Waals surface area contributed by atoms with Gasteiger partial charge in [-0.15, -0.1) is 0 Å². The number of hydrazine groups is 1. The lowest BCUT2D eigenvalue weighted by atomic mass is 10.1. The van der Waals surface area contributed by atoms with Gasteiger partial charge in [0.25, 0.3) is 5.91 Å². The Bertz CT molecular complexity index is 714. The van der Waals surface area contributed by atoms with Crippen LogP contribution >= 0.6 is 0 Å². The van der Waals surface area contributed by atoms with E-state index in [2.05, 4.69) is 15.6 Å². The van der Waals surface area contributed by atoms with E-state index in [-0.39, 0.29) is 23.5 Å². The number of hydrogen-bond donors (Lipinski definition) is 2. The topological polar surface area (TPSA) is 84.5 Å². The molecule has 0 bridgehead atoms. The summed E-state index contributed by atoms with van der Waals surface area (Å²) in [5.74, 6) is -1.39. The van der Waals surface area contributed by atoms with Gasteiger partial charge in [0, 0.05) is 5.56 Å². The summed E-state index contributed by atoms with van der Waals surface area (Å²) in [5.41, 5.74) is 5.99. The zero-order valence-corrected chi connectivity index (χ0v) is 12.5. The van der Waals surface area contributed by atoms with Crippen LogP contribution in [0, 0.1) is 0 Å². The van der Waals surface area contributed by atoms with Crippen molar-refractivity contribution in [3.63, 3.8) is 0 Å². The molecule has 0 aliphatic heterocycles. The van der Waals surface area contributed by atoms with Gasteiger partial charge in [-0.1, -0.05) is 36.4 Å². The summed E-state index contributed by atoms with van der Waals surface area (Å²) in [4.78, 5) is 35.2. The molecule has 2 aromatic rings. The van der Waals surface area contributed by atoms with Crippen molar-refractivity contribution in [2.45, 2.75) is 6.42 Å². The van der Waals surface area contributed by atoms with E-state index in [4.69, 9.17) is 0 Å². The van der Waals surface area contributed by atoms with E-state index in [1.165, 1.54) is 25.3 Å². The quantitative estimate of drug-likeness (QED) is 0.661. The summed E-state index contributed by atoms with van der Waals surface area (Å²) >= 11 is 0. The first-order valence-electron chi connectivity index (χ1n) is 6.91. The number of carbonyl (C=O) groups is 3. The zero-order valence-electron chi connectivity index (χ0n) is 12.5. The van der Waals surface area contributed by atoms with Crippen molar-refractivity contribution in [3.8, 4) is 0 Å². The Morgan fingerprint density at radius 2 is 1.61 bits per heavy atom. The second kappa shape index (κ2) is 7.74. The second-order valence-corrected chi connectivity index (χ2v) is 4.74. The SMILES string of the molecule is COC(=O)c1cccc(C(=O)NNC(=O)Cc2ccccc2)c1. The van der Waals surface area contributed by atoms with Gasteiger partial charge in [-0.25, -0.2) is 4.79 Å². The number of hydrogen-bond acceptors (Lipinski definition) is 4. The first-order valence-corrected chi connectivity index (χ1v) is 6.91. The molecule has 118 valence electrons. The van der Waals surface area contributed by atoms with Gasteiger partial charge in [0.1, 0.15) is 0 Å². The number of nitrogens with one attached hydrogen (secondary N) is 2. The molecule has 0 spiro atoms. The van der Waals surface area contributed by atoms with Crippen molar-refractivity contribution >= 4 is 17.8 Å². The molecule has 0 saturated carbocycles. The van der Waals surface area contributed by atoms with Crippen molar-refractivity contribution in [3.05, 3.63) is 71.3 Å².